The highest BCUT2D eigenvalue weighted by molar-refractivity contribution is 7.99. The molecule has 0 saturated heterocycles. The lowest BCUT2D eigenvalue weighted by Gasteiger charge is -2.05. The van der Waals surface area contributed by atoms with Gasteiger partial charge in [0.2, 0.25) is 0 Å². The maximum atomic E-state index is 11.3. The predicted octanol–water partition coefficient (Wildman–Crippen LogP) is 2.41. The summed E-state index contributed by atoms with van der Waals surface area (Å²) in [6.45, 7) is 0. The molecule has 2 rings (SSSR count). The first-order valence-electron chi connectivity index (χ1n) is 5.49. The molecule has 0 aliphatic heterocycles. The zero-order valence-corrected chi connectivity index (χ0v) is 12.0. The SMILES string of the molecule is CS(=O)(=O)c1ccc(Sc2ccc(N)c(N)c2)cc1. The van der Waals surface area contributed by atoms with Crippen molar-refractivity contribution >= 4 is 33.0 Å². The van der Waals surface area contributed by atoms with Gasteiger partial charge in [0.05, 0.1) is 16.3 Å². The Morgan fingerprint density at radius 2 is 1.47 bits per heavy atom. The van der Waals surface area contributed by atoms with Gasteiger partial charge in [-0.3, -0.25) is 0 Å². The summed E-state index contributed by atoms with van der Waals surface area (Å²) >= 11 is 1.50. The molecule has 0 aliphatic rings. The van der Waals surface area contributed by atoms with Crippen LogP contribution in [0.1, 0.15) is 0 Å². The van der Waals surface area contributed by atoms with Gasteiger partial charge < -0.3 is 11.5 Å². The molecule has 6 heteroatoms. The Bertz CT molecular complexity index is 695. The van der Waals surface area contributed by atoms with Crippen LogP contribution in [-0.4, -0.2) is 14.7 Å². The summed E-state index contributed by atoms with van der Waals surface area (Å²) in [5, 5.41) is 0. The van der Waals surface area contributed by atoms with Crippen molar-refractivity contribution < 1.29 is 8.42 Å². The fraction of sp³-hybridized carbons (Fsp3) is 0.0769. The van der Waals surface area contributed by atoms with E-state index >= 15 is 0 Å². The molecule has 0 amide bonds. The van der Waals surface area contributed by atoms with E-state index in [1.165, 1.54) is 18.0 Å². The number of rotatable bonds is 3. The fourth-order valence-corrected chi connectivity index (χ4v) is 3.00. The summed E-state index contributed by atoms with van der Waals surface area (Å²) in [7, 11) is -3.15. The second-order valence-electron chi connectivity index (χ2n) is 4.14. The van der Waals surface area contributed by atoms with Crippen molar-refractivity contribution in [2.24, 2.45) is 0 Å². The highest BCUT2D eigenvalue weighted by Gasteiger charge is 2.07. The Balaban J connectivity index is 2.22. The minimum absolute atomic E-state index is 0.314. The van der Waals surface area contributed by atoms with Gasteiger partial charge in [-0.2, -0.15) is 0 Å². The van der Waals surface area contributed by atoms with Crippen LogP contribution in [0.15, 0.2) is 57.2 Å². The Hall–Kier alpha value is -1.66. The summed E-state index contributed by atoms with van der Waals surface area (Å²) in [6.07, 6.45) is 1.19. The third-order valence-electron chi connectivity index (χ3n) is 2.55. The van der Waals surface area contributed by atoms with E-state index < -0.39 is 9.84 Å². The Morgan fingerprint density at radius 3 is 2.00 bits per heavy atom. The standard InChI is InChI=1S/C13H14N2O2S2/c1-19(16,17)11-5-2-9(3-6-11)18-10-4-7-12(14)13(15)8-10/h2-8H,14-15H2,1H3. The molecule has 0 radical (unpaired) electrons. The van der Waals surface area contributed by atoms with Gasteiger partial charge in [0.1, 0.15) is 0 Å². The number of hydrogen-bond acceptors (Lipinski definition) is 5. The van der Waals surface area contributed by atoms with Crippen LogP contribution in [-0.2, 0) is 9.84 Å². The lowest BCUT2D eigenvalue weighted by atomic mass is 10.3. The number of sulfone groups is 1. The van der Waals surface area contributed by atoms with E-state index in [0.717, 1.165) is 9.79 Å². The average molecular weight is 294 g/mol. The summed E-state index contributed by atoms with van der Waals surface area (Å²) < 4.78 is 22.7. The second-order valence-corrected chi connectivity index (χ2v) is 7.30. The van der Waals surface area contributed by atoms with E-state index in [4.69, 9.17) is 11.5 Å². The van der Waals surface area contributed by atoms with E-state index in [9.17, 15) is 8.42 Å². The summed E-state index contributed by atoms with van der Waals surface area (Å²) in [6, 6.07) is 12.2. The topological polar surface area (TPSA) is 86.2 Å². The summed E-state index contributed by atoms with van der Waals surface area (Å²) in [5.74, 6) is 0. The number of anilines is 2. The van der Waals surface area contributed by atoms with Crippen LogP contribution >= 0.6 is 11.8 Å². The van der Waals surface area contributed by atoms with Crippen molar-refractivity contribution in [1.29, 1.82) is 0 Å². The molecule has 100 valence electrons. The maximum Gasteiger partial charge on any atom is 0.175 e. The van der Waals surface area contributed by atoms with E-state index in [1.54, 1.807) is 36.4 Å². The van der Waals surface area contributed by atoms with Crippen molar-refractivity contribution in [3.63, 3.8) is 0 Å². The number of hydrogen-bond donors (Lipinski definition) is 2. The Labute approximate surface area is 116 Å². The molecular formula is C13H14N2O2S2. The molecule has 4 nitrogen and oxygen atoms in total. The molecule has 0 atom stereocenters. The average Bonchev–Trinajstić information content (AvgIpc) is 2.33. The van der Waals surface area contributed by atoms with Gasteiger partial charge in [-0.05, 0) is 42.5 Å². The van der Waals surface area contributed by atoms with Crippen LogP contribution in [0.4, 0.5) is 11.4 Å². The monoisotopic (exact) mass is 294 g/mol. The predicted molar refractivity (Wildman–Crippen MR) is 78.9 cm³/mol. The molecule has 19 heavy (non-hydrogen) atoms. The zero-order valence-electron chi connectivity index (χ0n) is 10.3. The smallest absolute Gasteiger partial charge is 0.175 e. The quantitative estimate of drug-likeness (QED) is 0.849. The molecule has 0 saturated carbocycles. The first kappa shape index (κ1) is 13.8. The molecule has 0 spiro atoms. The van der Waals surface area contributed by atoms with E-state index in [-0.39, 0.29) is 0 Å². The van der Waals surface area contributed by atoms with Crippen molar-refractivity contribution in [3.8, 4) is 0 Å². The molecule has 0 aromatic heterocycles. The third kappa shape index (κ3) is 3.42. The highest BCUT2D eigenvalue weighted by atomic mass is 32.2. The number of nitrogens with two attached hydrogens (primary N) is 2. The lowest BCUT2D eigenvalue weighted by Crippen LogP contribution is -1.96. The third-order valence-corrected chi connectivity index (χ3v) is 4.67. The van der Waals surface area contributed by atoms with Gasteiger partial charge in [-0.25, -0.2) is 8.42 Å². The molecule has 2 aromatic carbocycles. The van der Waals surface area contributed by atoms with Gasteiger partial charge in [-0.1, -0.05) is 11.8 Å². The van der Waals surface area contributed by atoms with Crippen LogP contribution in [0.25, 0.3) is 0 Å². The van der Waals surface area contributed by atoms with E-state index in [0.29, 0.717) is 16.3 Å². The van der Waals surface area contributed by atoms with Crippen LogP contribution in [0.2, 0.25) is 0 Å². The highest BCUT2D eigenvalue weighted by Crippen LogP contribution is 2.31. The largest absolute Gasteiger partial charge is 0.397 e. The first-order valence-corrected chi connectivity index (χ1v) is 8.20. The van der Waals surface area contributed by atoms with Crippen LogP contribution in [0, 0.1) is 0 Å². The minimum atomic E-state index is -3.15. The van der Waals surface area contributed by atoms with Gasteiger partial charge >= 0.3 is 0 Å². The van der Waals surface area contributed by atoms with Crippen LogP contribution < -0.4 is 11.5 Å². The fourth-order valence-electron chi connectivity index (χ4n) is 1.51. The number of nitrogen functional groups attached to an aromatic ring is 2. The van der Waals surface area contributed by atoms with Gasteiger partial charge in [0.25, 0.3) is 0 Å². The normalized spacial score (nSPS) is 11.4. The Kier molecular flexibility index (Phi) is 3.73. The minimum Gasteiger partial charge on any atom is -0.397 e. The molecule has 0 bridgehead atoms. The van der Waals surface area contributed by atoms with Gasteiger partial charge in [0, 0.05) is 16.0 Å². The van der Waals surface area contributed by atoms with Gasteiger partial charge in [0.15, 0.2) is 9.84 Å². The summed E-state index contributed by atoms with van der Waals surface area (Å²) in [5.41, 5.74) is 12.5. The van der Waals surface area contributed by atoms with Crippen LogP contribution in [0.5, 0.6) is 0 Å². The second kappa shape index (κ2) is 5.14. The molecular weight excluding hydrogens is 280 g/mol. The Morgan fingerprint density at radius 1 is 0.895 bits per heavy atom. The molecule has 0 heterocycles. The van der Waals surface area contributed by atoms with E-state index in [1.807, 2.05) is 6.07 Å². The molecule has 0 unspecified atom stereocenters. The van der Waals surface area contributed by atoms with Crippen LogP contribution in [0.3, 0.4) is 0 Å². The van der Waals surface area contributed by atoms with Crippen molar-refractivity contribution in [1.82, 2.24) is 0 Å². The lowest BCUT2D eigenvalue weighted by molar-refractivity contribution is 0.602. The molecule has 4 N–H and O–H groups in total. The van der Waals surface area contributed by atoms with Crippen molar-refractivity contribution in [3.05, 3.63) is 42.5 Å². The van der Waals surface area contributed by atoms with Crippen molar-refractivity contribution in [2.75, 3.05) is 17.7 Å². The van der Waals surface area contributed by atoms with Gasteiger partial charge in [-0.15, -0.1) is 0 Å². The maximum absolute atomic E-state index is 11.3. The zero-order chi connectivity index (χ0) is 14.0. The summed E-state index contributed by atoms with van der Waals surface area (Å²) in [4.78, 5) is 2.21. The molecule has 0 aliphatic carbocycles. The molecule has 0 fully saturated rings. The first-order chi connectivity index (χ1) is 8.86. The molecule has 2 aromatic rings. The van der Waals surface area contributed by atoms with E-state index in [2.05, 4.69) is 0 Å². The number of benzene rings is 2. The van der Waals surface area contributed by atoms with Crippen molar-refractivity contribution in [2.45, 2.75) is 14.7 Å².